The summed E-state index contributed by atoms with van der Waals surface area (Å²) in [5.41, 5.74) is 0.899. The van der Waals surface area contributed by atoms with Gasteiger partial charge < -0.3 is 10.4 Å². The lowest BCUT2D eigenvalue weighted by atomic mass is 9.82. The van der Waals surface area contributed by atoms with Crippen molar-refractivity contribution in [3.63, 3.8) is 0 Å². The van der Waals surface area contributed by atoms with Crippen LogP contribution in [-0.2, 0) is 9.59 Å². The van der Waals surface area contributed by atoms with Gasteiger partial charge >= 0.3 is 5.97 Å². The van der Waals surface area contributed by atoms with E-state index in [4.69, 9.17) is 0 Å². The first kappa shape index (κ1) is 15.8. The summed E-state index contributed by atoms with van der Waals surface area (Å²) >= 11 is 0. The van der Waals surface area contributed by atoms with E-state index in [1.807, 2.05) is 12.2 Å². The number of carboxylic acids is 1. The Hall–Kier alpha value is -2.70. The summed E-state index contributed by atoms with van der Waals surface area (Å²) in [6, 6.07) is 4.27. The van der Waals surface area contributed by atoms with Crippen LogP contribution in [0, 0.1) is 46.1 Å². The maximum Gasteiger partial charge on any atom is 0.307 e. The van der Waals surface area contributed by atoms with Gasteiger partial charge in [-0.2, -0.15) is 0 Å². The molecule has 3 aliphatic carbocycles. The number of hydrogen-bond acceptors (Lipinski definition) is 4. The number of carbonyl (C=O) groups is 2. The third-order valence-corrected chi connectivity index (χ3v) is 6.12. The fourth-order valence-corrected chi connectivity index (χ4v) is 4.76. The van der Waals surface area contributed by atoms with Gasteiger partial charge in [-0.3, -0.25) is 19.7 Å². The number of allylic oxidation sites excluding steroid dienone is 2. The molecule has 2 saturated carbocycles. The van der Waals surface area contributed by atoms with Crippen LogP contribution in [0.15, 0.2) is 30.4 Å². The molecule has 4 atom stereocenters. The molecule has 2 bridgehead atoms. The number of aliphatic carboxylic acids is 1. The molecule has 3 aliphatic rings. The monoisotopic (exact) mass is 342 g/mol. The predicted octanol–water partition coefficient (Wildman–Crippen LogP) is 2.75. The number of nitro groups is 1. The van der Waals surface area contributed by atoms with Crippen molar-refractivity contribution in [3.05, 3.63) is 46.0 Å². The molecule has 7 nitrogen and oxygen atoms in total. The number of carbonyl (C=O) groups excluding carboxylic acids is 1. The van der Waals surface area contributed by atoms with Crippen molar-refractivity contribution in [2.24, 2.45) is 29.1 Å². The minimum atomic E-state index is -0.945. The minimum Gasteiger partial charge on any atom is -0.481 e. The van der Waals surface area contributed by atoms with Gasteiger partial charge in [0.1, 0.15) is 0 Å². The van der Waals surface area contributed by atoms with E-state index in [1.165, 1.54) is 12.1 Å². The Morgan fingerprint density at radius 2 is 1.88 bits per heavy atom. The molecule has 2 N–H and O–H groups in total. The van der Waals surface area contributed by atoms with E-state index < -0.39 is 22.7 Å². The molecule has 4 rings (SSSR count). The Labute approximate surface area is 143 Å². The van der Waals surface area contributed by atoms with Crippen molar-refractivity contribution in [1.82, 2.24) is 0 Å². The average molecular weight is 342 g/mol. The molecular formula is C18H18N2O5. The largest absolute Gasteiger partial charge is 0.481 e. The van der Waals surface area contributed by atoms with Crippen LogP contribution in [0.2, 0.25) is 0 Å². The normalized spacial score (nSPS) is 30.4. The molecular weight excluding hydrogens is 324 g/mol. The topological polar surface area (TPSA) is 110 Å². The van der Waals surface area contributed by atoms with Crippen LogP contribution in [0.5, 0.6) is 0 Å². The van der Waals surface area contributed by atoms with E-state index in [-0.39, 0.29) is 28.8 Å². The Kier molecular flexibility index (Phi) is 3.25. The van der Waals surface area contributed by atoms with Gasteiger partial charge in [0.25, 0.3) is 5.69 Å². The highest BCUT2D eigenvalue weighted by atomic mass is 16.6. The lowest BCUT2D eigenvalue weighted by Gasteiger charge is -2.24. The summed E-state index contributed by atoms with van der Waals surface area (Å²) in [6.07, 6.45) is 5.86. The average Bonchev–Trinajstić information content (AvgIpc) is 3.22. The second-order valence-electron chi connectivity index (χ2n) is 7.31. The number of aryl methyl sites for hydroxylation is 1. The van der Waals surface area contributed by atoms with E-state index in [0.29, 0.717) is 11.3 Å². The molecule has 2 fully saturated rings. The molecule has 0 unspecified atom stereocenters. The van der Waals surface area contributed by atoms with E-state index in [2.05, 4.69) is 5.32 Å². The van der Waals surface area contributed by atoms with E-state index in [1.54, 1.807) is 13.0 Å². The molecule has 130 valence electrons. The predicted molar refractivity (Wildman–Crippen MR) is 88.9 cm³/mol. The van der Waals surface area contributed by atoms with Gasteiger partial charge in [0, 0.05) is 12.1 Å². The molecule has 0 aliphatic heterocycles. The summed E-state index contributed by atoms with van der Waals surface area (Å²) in [7, 11) is 0. The van der Waals surface area contributed by atoms with Gasteiger partial charge in [-0.1, -0.05) is 18.2 Å². The third kappa shape index (κ3) is 2.18. The first-order valence-corrected chi connectivity index (χ1v) is 8.32. The summed E-state index contributed by atoms with van der Waals surface area (Å²) < 4.78 is 0. The number of amides is 1. The summed E-state index contributed by atoms with van der Waals surface area (Å²) in [5, 5.41) is 23.3. The van der Waals surface area contributed by atoms with Gasteiger partial charge in [0.15, 0.2) is 0 Å². The fourth-order valence-electron chi connectivity index (χ4n) is 4.76. The van der Waals surface area contributed by atoms with Crippen molar-refractivity contribution in [3.8, 4) is 0 Å². The highest BCUT2D eigenvalue weighted by Gasteiger charge is 2.70. The smallest absolute Gasteiger partial charge is 0.307 e. The molecule has 0 saturated heterocycles. The minimum absolute atomic E-state index is 0.0528. The SMILES string of the molecule is Cc1ccc([N+](=O)[O-])cc1NC(=O)[C@H]1[C@@H](C(=O)O)[C@@H]2C=C[C@@H]1C21CC1. The van der Waals surface area contributed by atoms with Crippen molar-refractivity contribution in [2.45, 2.75) is 19.8 Å². The fraction of sp³-hybridized carbons (Fsp3) is 0.444. The quantitative estimate of drug-likeness (QED) is 0.497. The molecule has 1 spiro atoms. The zero-order valence-electron chi connectivity index (χ0n) is 13.6. The summed E-state index contributed by atoms with van der Waals surface area (Å²) in [4.78, 5) is 35.1. The number of benzene rings is 1. The van der Waals surface area contributed by atoms with E-state index >= 15 is 0 Å². The van der Waals surface area contributed by atoms with Crippen LogP contribution >= 0.6 is 0 Å². The Bertz CT molecular complexity index is 827. The number of hydrogen-bond donors (Lipinski definition) is 2. The molecule has 0 radical (unpaired) electrons. The van der Waals surface area contributed by atoms with Crippen LogP contribution in [0.1, 0.15) is 18.4 Å². The molecule has 0 heterocycles. The van der Waals surface area contributed by atoms with Crippen molar-refractivity contribution in [1.29, 1.82) is 0 Å². The van der Waals surface area contributed by atoms with Crippen LogP contribution < -0.4 is 5.32 Å². The number of nitrogens with one attached hydrogen (secondary N) is 1. The maximum atomic E-state index is 12.9. The van der Waals surface area contributed by atoms with Gasteiger partial charge in [-0.15, -0.1) is 0 Å². The molecule has 1 amide bonds. The third-order valence-electron chi connectivity index (χ3n) is 6.12. The lowest BCUT2D eigenvalue weighted by molar-refractivity contribution is -0.384. The molecule has 1 aromatic carbocycles. The molecule has 0 aromatic heterocycles. The van der Waals surface area contributed by atoms with Crippen molar-refractivity contribution >= 4 is 23.3 Å². The van der Waals surface area contributed by atoms with E-state index in [0.717, 1.165) is 12.8 Å². The first-order chi connectivity index (χ1) is 11.8. The maximum absolute atomic E-state index is 12.9. The summed E-state index contributed by atoms with van der Waals surface area (Å²) in [6.45, 7) is 1.75. The van der Waals surface area contributed by atoms with Crippen LogP contribution in [0.4, 0.5) is 11.4 Å². The Balaban J connectivity index is 1.63. The van der Waals surface area contributed by atoms with Crippen molar-refractivity contribution in [2.75, 3.05) is 5.32 Å². The summed E-state index contributed by atoms with van der Waals surface area (Å²) in [5.74, 6) is -2.81. The van der Waals surface area contributed by atoms with E-state index in [9.17, 15) is 24.8 Å². The second kappa shape index (κ2) is 5.15. The molecule has 25 heavy (non-hydrogen) atoms. The van der Waals surface area contributed by atoms with Gasteiger partial charge in [0.05, 0.1) is 22.4 Å². The standard InChI is InChI=1S/C18H18N2O5/c1-9-2-3-10(20(24)25)8-13(9)19-16(21)14-11-4-5-12(15(14)17(22)23)18(11)6-7-18/h2-5,8,11-12,14-15H,6-7H2,1H3,(H,19,21)(H,22,23)/t11-,12-,14+,15-/m0/s1. The number of rotatable bonds is 4. The number of nitrogens with zero attached hydrogens (tertiary/aromatic N) is 1. The van der Waals surface area contributed by atoms with Crippen LogP contribution in [-0.4, -0.2) is 21.9 Å². The second-order valence-corrected chi connectivity index (χ2v) is 7.31. The first-order valence-electron chi connectivity index (χ1n) is 8.32. The van der Waals surface area contributed by atoms with Crippen LogP contribution in [0.25, 0.3) is 0 Å². The highest BCUT2D eigenvalue weighted by Crippen LogP contribution is 2.72. The van der Waals surface area contributed by atoms with Crippen molar-refractivity contribution < 1.29 is 19.6 Å². The molecule has 7 heteroatoms. The van der Waals surface area contributed by atoms with Crippen LogP contribution in [0.3, 0.4) is 0 Å². The number of anilines is 1. The Morgan fingerprint density at radius 1 is 1.24 bits per heavy atom. The number of non-ortho nitro benzene ring substituents is 1. The van der Waals surface area contributed by atoms with Gasteiger partial charge in [-0.05, 0) is 42.6 Å². The number of carboxylic acid groups (broad SMARTS) is 1. The zero-order chi connectivity index (χ0) is 17.9. The zero-order valence-corrected chi connectivity index (χ0v) is 13.6. The lowest BCUT2D eigenvalue weighted by Crippen LogP contribution is -2.36. The van der Waals surface area contributed by atoms with Gasteiger partial charge in [-0.25, -0.2) is 0 Å². The highest BCUT2D eigenvalue weighted by molar-refractivity contribution is 5.97. The number of nitro benzene ring substituents is 1. The molecule has 1 aromatic rings. The Morgan fingerprint density at radius 3 is 2.44 bits per heavy atom. The van der Waals surface area contributed by atoms with Gasteiger partial charge in [0.2, 0.25) is 5.91 Å².